The molecule has 2 heterocycles. The van der Waals surface area contributed by atoms with Gasteiger partial charge in [-0.2, -0.15) is 5.10 Å². The van der Waals surface area contributed by atoms with Crippen LogP contribution in [0.25, 0.3) is 0 Å². The fourth-order valence-electron chi connectivity index (χ4n) is 3.34. The molecule has 0 radical (unpaired) electrons. The number of amides is 1. The minimum Gasteiger partial charge on any atom is -0.368 e. The van der Waals surface area contributed by atoms with Crippen LogP contribution in [0.3, 0.4) is 0 Å². The summed E-state index contributed by atoms with van der Waals surface area (Å²) in [5.41, 5.74) is 7.50. The van der Waals surface area contributed by atoms with Gasteiger partial charge in [0.05, 0.1) is 12.7 Å². The number of hydrogen-bond acceptors (Lipinski definition) is 3. The molecule has 0 saturated carbocycles. The van der Waals surface area contributed by atoms with Gasteiger partial charge in [-0.3, -0.25) is 14.4 Å². The minimum atomic E-state index is -0.528. The van der Waals surface area contributed by atoms with Gasteiger partial charge in [0, 0.05) is 12.2 Å². The first-order chi connectivity index (χ1) is 11.0. The van der Waals surface area contributed by atoms with Crippen molar-refractivity contribution in [2.24, 2.45) is 5.73 Å². The molecule has 0 aliphatic carbocycles. The number of benzene rings is 1. The number of carbonyl (C=O) groups is 1. The number of rotatable bonds is 5. The van der Waals surface area contributed by atoms with Crippen molar-refractivity contribution < 1.29 is 9.18 Å². The van der Waals surface area contributed by atoms with Gasteiger partial charge in [0.2, 0.25) is 5.91 Å². The highest BCUT2D eigenvalue weighted by Crippen LogP contribution is 2.30. The maximum Gasteiger partial charge on any atom is 0.239 e. The lowest BCUT2D eigenvalue weighted by Gasteiger charge is -2.31. The predicted molar refractivity (Wildman–Crippen MR) is 85.0 cm³/mol. The van der Waals surface area contributed by atoms with Crippen LogP contribution >= 0.6 is 0 Å². The molecule has 5 nitrogen and oxygen atoms in total. The van der Waals surface area contributed by atoms with E-state index >= 15 is 0 Å². The van der Waals surface area contributed by atoms with Crippen molar-refractivity contribution in [3.8, 4) is 0 Å². The van der Waals surface area contributed by atoms with Crippen LogP contribution in [0.4, 0.5) is 4.39 Å². The van der Waals surface area contributed by atoms with E-state index in [1.54, 1.807) is 12.1 Å². The second-order valence-electron chi connectivity index (χ2n) is 6.13. The molecule has 1 fully saturated rings. The van der Waals surface area contributed by atoms with Gasteiger partial charge in [-0.1, -0.05) is 12.1 Å². The van der Waals surface area contributed by atoms with Gasteiger partial charge >= 0.3 is 0 Å². The average Bonchev–Trinajstić information content (AvgIpc) is 3.11. The molecule has 0 unspecified atom stereocenters. The van der Waals surface area contributed by atoms with Gasteiger partial charge in [-0.05, 0) is 49.6 Å². The molecule has 2 atom stereocenters. The van der Waals surface area contributed by atoms with E-state index in [2.05, 4.69) is 10.00 Å². The molecule has 1 amide bonds. The Hall–Kier alpha value is -2.21. The van der Waals surface area contributed by atoms with Crippen molar-refractivity contribution >= 4 is 5.91 Å². The average molecular weight is 316 g/mol. The zero-order valence-corrected chi connectivity index (χ0v) is 13.2. The fraction of sp³-hybridized carbons (Fsp3) is 0.412. The Morgan fingerprint density at radius 3 is 2.78 bits per heavy atom. The lowest BCUT2D eigenvalue weighted by molar-refractivity contribution is -0.124. The van der Waals surface area contributed by atoms with E-state index in [1.807, 2.05) is 24.0 Å². The molecule has 0 spiro atoms. The third-order valence-corrected chi connectivity index (χ3v) is 4.37. The van der Waals surface area contributed by atoms with Crippen molar-refractivity contribution in [2.75, 3.05) is 6.54 Å². The quantitative estimate of drug-likeness (QED) is 0.918. The van der Waals surface area contributed by atoms with Crippen LogP contribution in [-0.2, 0) is 11.3 Å². The number of aryl methyl sites for hydroxylation is 1. The van der Waals surface area contributed by atoms with Crippen molar-refractivity contribution in [3.05, 3.63) is 53.6 Å². The molecular formula is C17H21FN4O. The van der Waals surface area contributed by atoms with Crippen LogP contribution in [0.2, 0.25) is 0 Å². The zero-order valence-electron chi connectivity index (χ0n) is 13.2. The summed E-state index contributed by atoms with van der Waals surface area (Å²) < 4.78 is 15.1. The summed E-state index contributed by atoms with van der Waals surface area (Å²) >= 11 is 0. The molecule has 1 saturated heterocycles. The maximum atomic E-state index is 13.2. The third-order valence-electron chi connectivity index (χ3n) is 4.37. The van der Waals surface area contributed by atoms with Crippen LogP contribution in [0, 0.1) is 12.7 Å². The second kappa shape index (κ2) is 6.50. The standard InChI is InChI=1S/C17H21FN4O/c1-12-9-20-21(10-12)11-15-3-2-8-22(15)16(17(19)23)13-4-6-14(18)7-5-13/h4-7,9-10,15-16H,2-3,8,11H2,1H3,(H2,19,23)/t15-,16+/m0/s1. The largest absolute Gasteiger partial charge is 0.368 e. The van der Waals surface area contributed by atoms with E-state index in [-0.39, 0.29) is 11.9 Å². The number of nitrogens with zero attached hydrogens (tertiary/aromatic N) is 3. The van der Waals surface area contributed by atoms with Gasteiger partial charge < -0.3 is 5.73 Å². The lowest BCUT2D eigenvalue weighted by atomic mass is 10.0. The zero-order chi connectivity index (χ0) is 16.4. The van der Waals surface area contributed by atoms with Gasteiger partial charge in [-0.25, -0.2) is 4.39 Å². The first-order valence-electron chi connectivity index (χ1n) is 7.84. The Kier molecular flexibility index (Phi) is 4.43. The summed E-state index contributed by atoms with van der Waals surface area (Å²) in [5.74, 6) is -0.720. The Morgan fingerprint density at radius 2 is 2.17 bits per heavy atom. The molecular weight excluding hydrogens is 295 g/mol. The van der Waals surface area contributed by atoms with Gasteiger partial charge in [0.25, 0.3) is 0 Å². The number of halogens is 1. The molecule has 122 valence electrons. The topological polar surface area (TPSA) is 64.2 Å². The highest BCUT2D eigenvalue weighted by atomic mass is 19.1. The number of nitrogens with two attached hydrogens (primary N) is 1. The molecule has 2 aromatic rings. The summed E-state index contributed by atoms with van der Waals surface area (Å²) in [6, 6.07) is 5.67. The SMILES string of the molecule is Cc1cnn(C[C@@H]2CCCN2[C@@H](C(N)=O)c2ccc(F)cc2)c1. The lowest BCUT2D eigenvalue weighted by Crippen LogP contribution is -2.42. The fourth-order valence-corrected chi connectivity index (χ4v) is 3.34. The molecule has 23 heavy (non-hydrogen) atoms. The molecule has 1 aliphatic rings. The van der Waals surface area contributed by atoms with Crippen molar-refractivity contribution in [3.63, 3.8) is 0 Å². The highest BCUT2D eigenvalue weighted by molar-refractivity contribution is 5.81. The van der Waals surface area contributed by atoms with Crippen molar-refractivity contribution in [1.82, 2.24) is 14.7 Å². The molecule has 1 aliphatic heterocycles. The predicted octanol–water partition coefficient (Wildman–Crippen LogP) is 2.02. The minimum absolute atomic E-state index is 0.192. The monoisotopic (exact) mass is 316 g/mol. The Morgan fingerprint density at radius 1 is 1.43 bits per heavy atom. The maximum absolute atomic E-state index is 13.2. The van der Waals surface area contributed by atoms with Crippen molar-refractivity contribution in [1.29, 1.82) is 0 Å². The van der Waals surface area contributed by atoms with E-state index in [0.29, 0.717) is 0 Å². The first kappa shape index (κ1) is 15.7. The van der Waals surface area contributed by atoms with E-state index in [4.69, 9.17) is 5.73 Å². The first-order valence-corrected chi connectivity index (χ1v) is 7.84. The summed E-state index contributed by atoms with van der Waals surface area (Å²) in [6.45, 7) is 3.52. The summed E-state index contributed by atoms with van der Waals surface area (Å²) in [7, 11) is 0. The summed E-state index contributed by atoms with van der Waals surface area (Å²) in [5, 5.41) is 4.33. The smallest absolute Gasteiger partial charge is 0.239 e. The molecule has 1 aromatic carbocycles. The van der Waals surface area contributed by atoms with Crippen LogP contribution in [0.5, 0.6) is 0 Å². The molecule has 3 rings (SSSR count). The number of carbonyl (C=O) groups excluding carboxylic acids is 1. The molecule has 6 heteroatoms. The van der Waals surface area contributed by atoms with Gasteiger partial charge in [-0.15, -0.1) is 0 Å². The van der Waals surface area contributed by atoms with Gasteiger partial charge in [0.1, 0.15) is 11.9 Å². The van der Waals surface area contributed by atoms with Crippen LogP contribution in [-0.4, -0.2) is 33.2 Å². The normalized spacial score (nSPS) is 19.8. The number of likely N-dealkylation sites (tertiary alicyclic amines) is 1. The van der Waals surface area contributed by atoms with E-state index in [9.17, 15) is 9.18 Å². The molecule has 1 aromatic heterocycles. The Labute approximate surface area is 134 Å². The van der Waals surface area contributed by atoms with Crippen LogP contribution < -0.4 is 5.73 Å². The third kappa shape index (κ3) is 3.42. The van der Waals surface area contributed by atoms with Crippen LogP contribution in [0.1, 0.15) is 30.0 Å². The summed E-state index contributed by atoms with van der Waals surface area (Å²) in [4.78, 5) is 14.2. The van der Waals surface area contributed by atoms with Gasteiger partial charge in [0.15, 0.2) is 0 Å². The number of primary amides is 1. The van der Waals surface area contributed by atoms with Crippen LogP contribution in [0.15, 0.2) is 36.7 Å². The van der Waals surface area contributed by atoms with E-state index < -0.39 is 11.9 Å². The number of hydrogen-bond donors (Lipinski definition) is 1. The Balaban J connectivity index is 1.83. The number of aromatic nitrogens is 2. The van der Waals surface area contributed by atoms with E-state index in [0.717, 1.165) is 37.1 Å². The molecule has 2 N–H and O–H groups in total. The van der Waals surface area contributed by atoms with Crippen molar-refractivity contribution in [2.45, 2.75) is 38.4 Å². The Bertz CT molecular complexity index is 682. The highest BCUT2D eigenvalue weighted by Gasteiger charge is 2.35. The molecule has 0 bridgehead atoms. The second-order valence-corrected chi connectivity index (χ2v) is 6.13. The van der Waals surface area contributed by atoms with E-state index in [1.165, 1.54) is 12.1 Å². The summed E-state index contributed by atoms with van der Waals surface area (Å²) in [6.07, 6.45) is 5.82.